The van der Waals surface area contributed by atoms with Crippen LogP contribution >= 0.6 is 11.6 Å². The highest BCUT2D eigenvalue weighted by Gasteiger charge is 2.11. The van der Waals surface area contributed by atoms with E-state index in [1.165, 1.54) is 0 Å². The molecule has 1 aromatic rings. The molecule has 0 unspecified atom stereocenters. The zero-order valence-electron chi connectivity index (χ0n) is 8.71. The van der Waals surface area contributed by atoms with Gasteiger partial charge in [0.1, 0.15) is 5.75 Å². The van der Waals surface area contributed by atoms with Crippen LogP contribution in [0.15, 0.2) is 18.2 Å². The Kier molecular flexibility index (Phi) is 4.23. The van der Waals surface area contributed by atoms with Crippen LogP contribution in [0.4, 0.5) is 0 Å². The van der Waals surface area contributed by atoms with Crippen molar-refractivity contribution in [3.05, 3.63) is 28.8 Å². The van der Waals surface area contributed by atoms with Crippen molar-refractivity contribution in [3.8, 4) is 5.75 Å². The molecular formula is C11H15ClO2. The molecule has 0 N–H and O–H groups in total. The second-order valence-electron chi connectivity index (χ2n) is 3.36. The first-order valence-corrected chi connectivity index (χ1v) is 4.94. The van der Waals surface area contributed by atoms with E-state index in [4.69, 9.17) is 21.1 Å². The highest BCUT2D eigenvalue weighted by molar-refractivity contribution is 6.31. The summed E-state index contributed by atoms with van der Waals surface area (Å²) in [6.07, 6.45) is 0. The van der Waals surface area contributed by atoms with Gasteiger partial charge in [0, 0.05) is 17.7 Å². The minimum Gasteiger partial charge on any atom is -0.467 e. The van der Waals surface area contributed by atoms with Crippen LogP contribution in [-0.4, -0.2) is 13.9 Å². The van der Waals surface area contributed by atoms with E-state index in [9.17, 15) is 0 Å². The van der Waals surface area contributed by atoms with Crippen molar-refractivity contribution in [2.45, 2.75) is 19.8 Å². The number of hydrogen-bond donors (Lipinski definition) is 0. The summed E-state index contributed by atoms with van der Waals surface area (Å²) in [6.45, 7) is 4.42. The Morgan fingerprint density at radius 1 is 1.36 bits per heavy atom. The Morgan fingerprint density at radius 3 is 2.64 bits per heavy atom. The van der Waals surface area contributed by atoms with Crippen LogP contribution < -0.4 is 4.74 Å². The molecule has 0 amide bonds. The van der Waals surface area contributed by atoms with Gasteiger partial charge in [-0.2, -0.15) is 0 Å². The summed E-state index contributed by atoms with van der Waals surface area (Å²) >= 11 is 6.08. The molecule has 0 saturated heterocycles. The predicted molar refractivity (Wildman–Crippen MR) is 58.0 cm³/mol. The summed E-state index contributed by atoms with van der Waals surface area (Å²) in [5.41, 5.74) is 1.03. The lowest BCUT2D eigenvalue weighted by Crippen LogP contribution is -2.02. The molecule has 78 valence electrons. The zero-order valence-corrected chi connectivity index (χ0v) is 9.47. The van der Waals surface area contributed by atoms with Crippen molar-refractivity contribution < 1.29 is 9.47 Å². The molecule has 0 atom stereocenters. The minimum atomic E-state index is 0.250. The molecule has 0 aromatic heterocycles. The number of hydrogen-bond acceptors (Lipinski definition) is 2. The Labute approximate surface area is 89.8 Å². The average Bonchev–Trinajstić information content (AvgIpc) is 2.14. The van der Waals surface area contributed by atoms with E-state index >= 15 is 0 Å². The Hall–Kier alpha value is -0.730. The summed E-state index contributed by atoms with van der Waals surface area (Å²) in [5, 5.41) is 0.744. The topological polar surface area (TPSA) is 18.5 Å². The summed E-state index contributed by atoms with van der Waals surface area (Å²) in [6, 6.07) is 5.65. The van der Waals surface area contributed by atoms with Crippen molar-refractivity contribution in [1.82, 2.24) is 0 Å². The molecule has 0 aliphatic carbocycles. The van der Waals surface area contributed by atoms with E-state index in [0.29, 0.717) is 5.92 Å². The highest BCUT2D eigenvalue weighted by atomic mass is 35.5. The minimum absolute atomic E-state index is 0.250. The second-order valence-corrected chi connectivity index (χ2v) is 3.76. The molecular weight excluding hydrogens is 200 g/mol. The molecule has 0 radical (unpaired) electrons. The Bertz CT molecular complexity index is 297. The normalized spacial score (nSPS) is 10.6. The average molecular weight is 215 g/mol. The van der Waals surface area contributed by atoms with Gasteiger partial charge in [0.15, 0.2) is 6.79 Å². The zero-order chi connectivity index (χ0) is 10.6. The van der Waals surface area contributed by atoms with E-state index in [1.807, 2.05) is 18.2 Å². The second kappa shape index (κ2) is 5.23. The molecule has 0 heterocycles. The molecule has 0 saturated carbocycles. The lowest BCUT2D eigenvalue weighted by molar-refractivity contribution is 0.0503. The summed E-state index contributed by atoms with van der Waals surface area (Å²) in [4.78, 5) is 0. The van der Waals surface area contributed by atoms with Gasteiger partial charge in [-0.25, -0.2) is 0 Å². The smallest absolute Gasteiger partial charge is 0.188 e. The van der Waals surface area contributed by atoms with Gasteiger partial charge in [0.25, 0.3) is 0 Å². The molecule has 0 aliphatic heterocycles. The van der Waals surface area contributed by atoms with E-state index in [1.54, 1.807) is 7.11 Å². The van der Waals surface area contributed by atoms with Crippen LogP contribution in [-0.2, 0) is 4.74 Å². The molecule has 2 nitrogen and oxygen atoms in total. The Balaban J connectivity index is 2.96. The van der Waals surface area contributed by atoms with Crippen molar-refractivity contribution >= 4 is 11.6 Å². The summed E-state index contributed by atoms with van der Waals surface area (Å²) < 4.78 is 10.3. The quantitative estimate of drug-likeness (QED) is 0.715. The van der Waals surface area contributed by atoms with Crippen molar-refractivity contribution in [2.24, 2.45) is 0 Å². The lowest BCUT2D eigenvalue weighted by Gasteiger charge is -2.14. The van der Waals surface area contributed by atoms with Gasteiger partial charge in [-0.1, -0.05) is 31.5 Å². The fourth-order valence-corrected chi connectivity index (χ4v) is 1.71. The first-order valence-electron chi connectivity index (χ1n) is 4.57. The molecule has 0 aliphatic rings. The molecule has 0 bridgehead atoms. The number of halogens is 1. The van der Waals surface area contributed by atoms with Gasteiger partial charge in [0.05, 0.1) is 0 Å². The maximum absolute atomic E-state index is 6.08. The molecule has 1 aromatic carbocycles. The molecule has 1 rings (SSSR count). The van der Waals surface area contributed by atoms with E-state index in [2.05, 4.69) is 13.8 Å². The van der Waals surface area contributed by atoms with Crippen LogP contribution in [0.1, 0.15) is 25.3 Å². The van der Waals surface area contributed by atoms with Gasteiger partial charge in [0.2, 0.25) is 0 Å². The fourth-order valence-electron chi connectivity index (χ4n) is 1.33. The molecule has 0 fully saturated rings. The van der Waals surface area contributed by atoms with Crippen LogP contribution in [0.2, 0.25) is 5.02 Å². The van der Waals surface area contributed by atoms with Gasteiger partial charge >= 0.3 is 0 Å². The van der Waals surface area contributed by atoms with Crippen LogP contribution in [0.3, 0.4) is 0 Å². The lowest BCUT2D eigenvalue weighted by atomic mass is 10.0. The predicted octanol–water partition coefficient (Wildman–Crippen LogP) is 3.45. The standard InChI is InChI=1S/C11H15ClO2/c1-8(2)11-9(12)5-4-6-10(11)14-7-13-3/h4-6,8H,7H2,1-3H3. The fraction of sp³-hybridized carbons (Fsp3) is 0.455. The van der Waals surface area contributed by atoms with Gasteiger partial charge in [-0.15, -0.1) is 0 Å². The first kappa shape index (κ1) is 11.3. The highest BCUT2D eigenvalue weighted by Crippen LogP contribution is 2.32. The van der Waals surface area contributed by atoms with E-state index in [0.717, 1.165) is 16.3 Å². The van der Waals surface area contributed by atoms with E-state index < -0.39 is 0 Å². The van der Waals surface area contributed by atoms with Crippen LogP contribution in [0, 0.1) is 0 Å². The molecule has 14 heavy (non-hydrogen) atoms. The number of rotatable bonds is 4. The van der Waals surface area contributed by atoms with E-state index in [-0.39, 0.29) is 6.79 Å². The Morgan fingerprint density at radius 2 is 2.07 bits per heavy atom. The number of ether oxygens (including phenoxy) is 2. The first-order chi connectivity index (χ1) is 6.66. The van der Waals surface area contributed by atoms with Gasteiger partial charge in [-0.05, 0) is 18.1 Å². The third-order valence-corrected chi connectivity index (χ3v) is 2.25. The molecule has 3 heteroatoms. The summed E-state index contributed by atoms with van der Waals surface area (Å²) in [7, 11) is 1.60. The SMILES string of the molecule is COCOc1cccc(Cl)c1C(C)C. The third-order valence-electron chi connectivity index (χ3n) is 1.92. The third kappa shape index (κ3) is 2.63. The van der Waals surface area contributed by atoms with Gasteiger partial charge in [-0.3, -0.25) is 0 Å². The van der Waals surface area contributed by atoms with Gasteiger partial charge < -0.3 is 9.47 Å². The maximum atomic E-state index is 6.08. The number of methoxy groups -OCH3 is 1. The monoisotopic (exact) mass is 214 g/mol. The summed E-state index contributed by atoms with van der Waals surface area (Å²) in [5.74, 6) is 1.14. The van der Waals surface area contributed by atoms with Crippen molar-refractivity contribution in [1.29, 1.82) is 0 Å². The molecule has 0 spiro atoms. The van der Waals surface area contributed by atoms with Crippen molar-refractivity contribution in [3.63, 3.8) is 0 Å². The number of benzene rings is 1. The largest absolute Gasteiger partial charge is 0.467 e. The van der Waals surface area contributed by atoms with Crippen molar-refractivity contribution in [2.75, 3.05) is 13.9 Å². The van der Waals surface area contributed by atoms with Crippen LogP contribution in [0.25, 0.3) is 0 Å². The van der Waals surface area contributed by atoms with Crippen LogP contribution in [0.5, 0.6) is 5.75 Å². The maximum Gasteiger partial charge on any atom is 0.188 e.